The van der Waals surface area contributed by atoms with Crippen molar-refractivity contribution in [1.82, 2.24) is 42.5 Å². The average Bonchev–Trinajstić information content (AvgIpc) is 3.27. The summed E-state index contributed by atoms with van der Waals surface area (Å²) in [6, 6.07) is -18.0. The van der Waals surface area contributed by atoms with E-state index < -0.39 is 215 Å². The number of carbonyl (C=O) groups excluding carboxylic acids is 8. The smallest absolute Gasteiger partial charge is 0.481 e. The molecule has 0 radical (unpaired) electrons. The molecule has 0 aromatic rings. The largest absolute Gasteiger partial charge is 0.567 e. The lowest BCUT2D eigenvalue weighted by atomic mass is 9.99. The average molecular weight is 1130 g/mol. The summed E-state index contributed by atoms with van der Waals surface area (Å²) < 4.78 is 4.37. The number of aliphatic carboxylic acids is 7. The zero-order valence-corrected chi connectivity index (χ0v) is 42.6. The summed E-state index contributed by atoms with van der Waals surface area (Å²) in [7, 11) is -5.31. The highest BCUT2D eigenvalue weighted by Gasteiger charge is 2.40. The fourth-order valence-electron chi connectivity index (χ4n) is 6.44. The van der Waals surface area contributed by atoms with Gasteiger partial charge in [-0.05, 0) is 37.5 Å². The second kappa shape index (κ2) is 33.3. The molecule has 0 aromatic heterocycles. The van der Waals surface area contributed by atoms with Gasteiger partial charge in [0, 0.05) is 12.8 Å². The van der Waals surface area contributed by atoms with Crippen LogP contribution in [-0.2, 0) is 76.4 Å². The highest BCUT2D eigenvalue weighted by atomic mass is 31.2. The summed E-state index contributed by atoms with van der Waals surface area (Å²) in [5, 5.41) is 81.6. The topological polar surface area (TPSA) is 590 Å². The van der Waals surface area contributed by atoms with Gasteiger partial charge in [0.1, 0.15) is 54.9 Å². The number of hydrogen-bond acceptors (Lipinski definition) is 20. The molecule has 20 N–H and O–H groups in total. The van der Waals surface area contributed by atoms with Crippen molar-refractivity contribution in [2.75, 3.05) is 6.61 Å². The van der Waals surface area contributed by atoms with Crippen molar-refractivity contribution < 1.29 is 127 Å². The second-order valence-corrected chi connectivity index (χ2v) is 19.0. The molecule has 0 saturated heterocycles. The number of rotatable bonds is 38. The normalized spacial score (nSPS) is 14.7. The van der Waals surface area contributed by atoms with Gasteiger partial charge in [0.25, 0.3) is 0 Å². The number of carboxylic acids is 7. The predicted molar refractivity (Wildman–Crippen MR) is 252 cm³/mol. The summed E-state index contributed by atoms with van der Waals surface area (Å²) in [4.78, 5) is 217. The van der Waals surface area contributed by atoms with E-state index in [2.05, 4.69) is 20.5 Å². The molecule has 8 amide bonds. The van der Waals surface area contributed by atoms with E-state index in [1.54, 1.807) is 38.3 Å². The summed E-state index contributed by atoms with van der Waals surface area (Å²) in [5.41, 5.74) is 5.45. The van der Waals surface area contributed by atoms with Gasteiger partial charge in [0.15, 0.2) is 0 Å². The SMILES string of the molecule is CC(C)C[C@H](NC(=O)[C@H](CC(C)C)NC(=O)[C@H](CC(=O)O)NC(=O)[C@H](CCC(=O)O)NC(=O)[C@H](CC(=O)O)NC(=O)[C@H](CO[P+](O)(O)O)NC(=O)[C@H](CC(=O)O)NC(=O)[C@@H](N)CC(=O)O)C(=O)N[C@@H](CCC(=O)O)C(=O)O. The molecular weight excluding hydrogens is 1070 g/mol. The molecule has 0 aliphatic rings. The lowest BCUT2D eigenvalue weighted by molar-refractivity contribution is -0.144. The summed E-state index contributed by atoms with van der Waals surface area (Å²) in [6.45, 7) is 4.94. The maximum atomic E-state index is 13.8. The van der Waals surface area contributed by atoms with Crippen molar-refractivity contribution >= 4 is 97.2 Å². The van der Waals surface area contributed by atoms with E-state index in [-0.39, 0.29) is 18.8 Å². The maximum Gasteiger partial charge on any atom is 0.567 e. The molecule has 0 rings (SSSR count). The van der Waals surface area contributed by atoms with Crippen LogP contribution < -0.4 is 48.3 Å². The molecule has 0 bridgehead atoms. The van der Waals surface area contributed by atoms with Crippen LogP contribution in [0.25, 0.3) is 0 Å². The lowest BCUT2D eigenvalue weighted by Gasteiger charge is -2.28. The fourth-order valence-corrected chi connectivity index (χ4v) is 6.79. The number of nitrogens with one attached hydrogen (secondary N) is 8. The molecular formula is C41H65N9O26P+. The van der Waals surface area contributed by atoms with E-state index in [0.717, 1.165) is 0 Å². The quantitative estimate of drug-likeness (QED) is 0.0256. The Kier molecular flexibility index (Phi) is 30.0. The fraction of sp³-hybridized carbons (Fsp3) is 0.634. The highest BCUT2D eigenvalue weighted by molar-refractivity contribution is 7.53. The number of nitrogens with two attached hydrogens (primary N) is 1. The van der Waals surface area contributed by atoms with Crippen LogP contribution in [0.3, 0.4) is 0 Å². The standard InChI is InChI=1S/C41H64N9O26P/c1-16(2)9-21(35(65)44-20(41(71)72)6-8-28(53)54)46-36(66)22(10-17(3)4)47-38(68)25(14-32(61)62)48-34(64)19(5-7-27(51)52)43-37(67)24(13-31(59)60)49-40(70)26(15-76-77(73,74)75)50-39(69)23(12-30(57)58)45-33(63)18(42)11-29(55)56/h16-26,73-75H,5-15,42H2,1-4H3,(H14-,43,44,45,46,47,48,49,50,51,52,53,54,55,56,57,58,59,60,61,62,63,64,65,66,67,68,69,70,71,72)/p+1/t18-,19-,20-,21-,22-,23-,24-,25-,26-/m0/s1. The minimum Gasteiger partial charge on any atom is -0.481 e. The van der Waals surface area contributed by atoms with E-state index in [1.165, 1.54) is 0 Å². The monoisotopic (exact) mass is 1130 g/mol. The molecule has 77 heavy (non-hydrogen) atoms. The first kappa shape index (κ1) is 69.3. The Labute approximate surface area is 436 Å². The molecule has 0 fully saturated rings. The Morgan fingerprint density at radius 2 is 0.649 bits per heavy atom. The molecule has 36 heteroatoms. The predicted octanol–water partition coefficient (Wildman–Crippen LogP) is -6.33. The van der Waals surface area contributed by atoms with E-state index in [9.17, 15) is 112 Å². The number of carbonyl (C=O) groups is 15. The summed E-state index contributed by atoms with van der Waals surface area (Å²) in [5.74, 6) is -23.8. The molecule has 0 heterocycles. The third kappa shape index (κ3) is 29.8. The van der Waals surface area contributed by atoms with Gasteiger partial charge in [-0.25, -0.2) is 4.79 Å². The van der Waals surface area contributed by atoms with Gasteiger partial charge < -0.3 is 84.0 Å². The minimum absolute atomic E-state index is 0.127. The zero-order chi connectivity index (χ0) is 59.7. The van der Waals surface area contributed by atoms with Crippen molar-refractivity contribution in [3.05, 3.63) is 0 Å². The molecule has 0 spiro atoms. The number of hydrogen-bond donors (Lipinski definition) is 19. The Hall–Kier alpha value is -7.72. The lowest BCUT2D eigenvalue weighted by Crippen LogP contribution is -2.61. The first-order valence-corrected chi connectivity index (χ1v) is 24.4. The Balaban J connectivity index is 6.91. The third-order valence-electron chi connectivity index (χ3n) is 10.0. The summed E-state index contributed by atoms with van der Waals surface area (Å²) in [6.07, 6.45) is -8.42. The molecule has 0 aromatic carbocycles. The third-order valence-corrected chi connectivity index (χ3v) is 10.5. The van der Waals surface area contributed by atoms with Gasteiger partial charge in [0.05, 0.1) is 31.7 Å². The van der Waals surface area contributed by atoms with Crippen molar-refractivity contribution in [2.24, 2.45) is 17.6 Å². The van der Waals surface area contributed by atoms with Gasteiger partial charge in [-0.3, -0.25) is 67.1 Å². The van der Waals surface area contributed by atoms with Crippen molar-refractivity contribution in [1.29, 1.82) is 0 Å². The van der Waals surface area contributed by atoms with E-state index >= 15 is 0 Å². The second-order valence-electron chi connectivity index (χ2n) is 17.8. The molecule has 0 unspecified atom stereocenters. The van der Waals surface area contributed by atoms with Gasteiger partial charge in [-0.15, -0.1) is 0 Å². The Morgan fingerprint density at radius 1 is 0.377 bits per heavy atom. The number of amides is 8. The van der Waals surface area contributed by atoms with Crippen LogP contribution in [0, 0.1) is 11.8 Å². The molecule has 0 saturated carbocycles. The van der Waals surface area contributed by atoms with Crippen LogP contribution >= 0.6 is 8.17 Å². The van der Waals surface area contributed by atoms with Crippen LogP contribution in [-0.4, -0.2) is 200 Å². The van der Waals surface area contributed by atoms with Gasteiger partial charge in [0.2, 0.25) is 47.3 Å². The van der Waals surface area contributed by atoms with Crippen LogP contribution in [0.1, 0.15) is 91.9 Å². The van der Waals surface area contributed by atoms with Crippen LogP contribution in [0.4, 0.5) is 0 Å². The highest BCUT2D eigenvalue weighted by Crippen LogP contribution is 2.45. The van der Waals surface area contributed by atoms with Gasteiger partial charge in [-0.2, -0.15) is 19.2 Å². The number of carboxylic acid groups (broad SMARTS) is 7. The minimum atomic E-state index is -5.31. The molecule has 0 aliphatic heterocycles. The van der Waals surface area contributed by atoms with Crippen LogP contribution in [0.5, 0.6) is 0 Å². The first-order valence-electron chi connectivity index (χ1n) is 22.9. The van der Waals surface area contributed by atoms with Gasteiger partial charge >= 0.3 is 50.0 Å². The summed E-state index contributed by atoms with van der Waals surface area (Å²) >= 11 is 0. The van der Waals surface area contributed by atoms with Crippen molar-refractivity contribution in [2.45, 2.75) is 146 Å². The van der Waals surface area contributed by atoms with Crippen molar-refractivity contribution in [3.8, 4) is 0 Å². The van der Waals surface area contributed by atoms with Crippen LogP contribution in [0.15, 0.2) is 0 Å². The molecule has 0 aliphatic carbocycles. The molecule has 9 atom stereocenters. The molecule has 35 nitrogen and oxygen atoms in total. The van der Waals surface area contributed by atoms with E-state index in [0.29, 0.717) is 0 Å². The Morgan fingerprint density at radius 3 is 0.974 bits per heavy atom. The van der Waals surface area contributed by atoms with Crippen molar-refractivity contribution in [3.63, 3.8) is 0 Å². The Bertz CT molecular complexity index is 2190. The van der Waals surface area contributed by atoms with E-state index in [4.69, 9.17) is 15.9 Å². The zero-order valence-electron chi connectivity index (χ0n) is 41.7. The van der Waals surface area contributed by atoms with E-state index in [1.807, 2.05) is 16.0 Å². The molecule has 434 valence electrons. The van der Waals surface area contributed by atoms with Gasteiger partial charge in [-0.1, -0.05) is 27.7 Å². The maximum absolute atomic E-state index is 13.8. The first-order chi connectivity index (χ1) is 35.4. The van der Waals surface area contributed by atoms with Crippen LogP contribution in [0.2, 0.25) is 0 Å².